The molecule has 6 nitrogen and oxygen atoms in total. The molecule has 0 N–H and O–H groups in total. The van der Waals surface area contributed by atoms with Gasteiger partial charge < -0.3 is 9.80 Å². The lowest BCUT2D eigenvalue weighted by Crippen LogP contribution is -2.39. The van der Waals surface area contributed by atoms with E-state index in [4.69, 9.17) is 4.98 Å². The summed E-state index contributed by atoms with van der Waals surface area (Å²) in [5, 5.41) is 0. The minimum absolute atomic E-state index is 0.0363. The Kier molecular flexibility index (Phi) is 3.98. The van der Waals surface area contributed by atoms with E-state index in [-0.39, 0.29) is 17.9 Å². The van der Waals surface area contributed by atoms with Crippen molar-refractivity contribution in [2.45, 2.75) is 58.0 Å². The summed E-state index contributed by atoms with van der Waals surface area (Å²) in [7, 11) is 0. The van der Waals surface area contributed by atoms with Crippen molar-refractivity contribution in [3.8, 4) is 0 Å². The average Bonchev–Trinajstić information content (AvgIpc) is 3.01. The molecule has 1 aromatic heterocycles. The summed E-state index contributed by atoms with van der Waals surface area (Å²) in [6, 6.07) is 0.0363. The normalized spacial score (nSPS) is 23.8. The van der Waals surface area contributed by atoms with Gasteiger partial charge in [0, 0.05) is 50.7 Å². The third-order valence-electron chi connectivity index (χ3n) is 5.69. The predicted octanol–water partition coefficient (Wildman–Crippen LogP) is 1.84. The molecule has 2 aliphatic heterocycles. The molecular weight excluding hydrogens is 304 g/mol. The Morgan fingerprint density at radius 2 is 2.00 bits per heavy atom. The lowest BCUT2D eigenvalue weighted by Gasteiger charge is -2.33. The van der Waals surface area contributed by atoms with Gasteiger partial charge in [0.15, 0.2) is 5.82 Å². The third kappa shape index (κ3) is 2.68. The molecule has 2 amide bonds. The average molecular weight is 328 g/mol. The Bertz CT molecular complexity index is 671. The maximum atomic E-state index is 12.6. The van der Waals surface area contributed by atoms with Crippen LogP contribution in [0.3, 0.4) is 0 Å². The third-order valence-corrected chi connectivity index (χ3v) is 5.69. The summed E-state index contributed by atoms with van der Waals surface area (Å²) in [4.78, 5) is 37.4. The van der Waals surface area contributed by atoms with Crippen LogP contribution in [0.1, 0.15) is 62.2 Å². The van der Waals surface area contributed by atoms with Crippen molar-refractivity contribution in [2.75, 3.05) is 13.1 Å². The SMILES string of the molecule is CC(=O)N1CCc2nc([C@H]3CCCN3C(=O)C3CCC3)ncc2C1. The van der Waals surface area contributed by atoms with Crippen molar-refractivity contribution in [1.29, 1.82) is 0 Å². The second-order valence-electron chi connectivity index (χ2n) is 7.21. The zero-order chi connectivity index (χ0) is 16.7. The Morgan fingerprint density at radius 3 is 2.71 bits per heavy atom. The summed E-state index contributed by atoms with van der Waals surface area (Å²) >= 11 is 0. The van der Waals surface area contributed by atoms with Gasteiger partial charge in [-0.2, -0.15) is 0 Å². The molecule has 0 radical (unpaired) electrons. The van der Waals surface area contributed by atoms with Gasteiger partial charge in [-0.05, 0) is 25.7 Å². The smallest absolute Gasteiger partial charge is 0.226 e. The van der Waals surface area contributed by atoms with Gasteiger partial charge in [0.25, 0.3) is 0 Å². The van der Waals surface area contributed by atoms with Crippen LogP contribution in [-0.2, 0) is 22.6 Å². The molecule has 1 saturated heterocycles. The van der Waals surface area contributed by atoms with Gasteiger partial charge in [0.05, 0.1) is 11.7 Å². The first-order valence-corrected chi connectivity index (χ1v) is 9.04. The highest BCUT2D eigenvalue weighted by molar-refractivity contribution is 5.80. The standard InChI is InChI=1S/C18H24N4O2/c1-12(23)21-9-7-15-14(11-21)10-19-17(20-15)16-6-3-8-22(16)18(24)13-4-2-5-13/h10,13,16H,2-9,11H2,1H3/t16-/m1/s1. The first-order chi connectivity index (χ1) is 11.6. The number of nitrogens with zero attached hydrogens (tertiary/aromatic N) is 4. The van der Waals surface area contributed by atoms with Crippen LogP contribution >= 0.6 is 0 Å². The number of aromatic nitrogens is 2. The van der Waals surface area contributed by atoms with Crippen LogP contribution in [0.5, 0.6) is 0 Å². The first kappa shape index (κ1) is 15.5. The van der Waals surface area contributed by atoms with Gasteiger partial charge in [-0.15, -0.1) is 0 Å². The number of carbonyl (C=O) groups excluding carboxylic acids is 2. The van der Waals surface area contributed by atoms with Crippen LogP contribution in [-0.4, -0.2) is 44.7 Å². The number of hydrogen-bond donors (Lipinski definition) is 0. The number of fused-ring (bicyclic) bond motifs is 1. The van der Waals surface area contributed by atoms with E-state index in [1.54, 1.807) is 6.92 Å². The van der Waals surface area contributed by atoms with Crippen molar-refractivity contribution < 1.29 is 9.59 Å². The minimum Gasteiger partial charge on any atom is -0.338 e. The summed E-state index contributed by atoms with van der Waals surface area (Å²) in [5.74, 6) is 1.41. The van der Waals surface area contributed by atoms with Gasteiger partial charge in [-0.1, -0.05) is 6.42 Å². The van der Waals surface area contributed by atoms with Gasteiger partial charge in [0.1, 0.15) is 0 Å². The van der Waals surface area contributed by atoms with Gasteiger partial charge in [-0.3, -0.25) is 9.59 Å². The summed E-state index contributed by atoms with van der Waals surface area (Å²) in [5.41, 5.74) is 2.08. The molecule has 0 spiro atoms. The molecule has 3 aliphatic rings. The van der Waals surface area contributed by atoms with Crippen molar-refractivity contribution >= 4 is 11.8 Å². The van der Waals surface area contributed by atoms with Crippen LogP contribution in [0.4, 0.5) is 0 Å². The second kappa shape index (κ2) is 6.15. The molecule has 1 saturated carbocycles. The molecule has 1 aliphatic carbocycles. The van der Waals surface area contributed by atoms with Gasteiger partial charge >= 0.3 is 0 Å². The van der Waals surface area contributed by atoms with E-state index in [1.165, 1.54) is 6.42 Å². The highest BCUT2D eigenvalue weighted by Crippen LogP contribution is 2.36. The molecular formula is C18H24N4O2. The van der Waals surface area contributed by atoms with Crippen molar-refractivity contribution in [3.63, 3.8) is 0 Å². The number of carbonyl (C=O) groups is 2. The summed E-state index contributed by atoms with van der Waals surface area (Å²) in [6.07, 6.45) is 7.86. The Balaban J connectivity index is 1.54. The second-order valence-corrected chi connectivity index (χ2v) is 7.21. The van der Waals surface area contributed by atoms with E-state index in [9.17, 15) is 9.59 Å². The van der Waals surface area contributed by atoms with Crippen molar-refractivity contribution in [2.24, 2.45) is 5.92 Å². The molecule has 128 valence electrons. The maximum Gasteiger partial charge on any atom is 0.226 e. The highest BCUT2D eigenvalue weighted by atomic mass is 16.2. The fourth-order valence-corrected chi connectivity index (χ4v) is 3.95. The highest BCUT2D eigenvalue weighted by Gasteiger charge is 2.37. The van der Waals surface area contributed by atoms with Crippen LogP contribution in [0, 0.1) is 5.92 Å². The lowest BCUT2D eigenvalue weighted by atomic mass is 9.84. The van der Waals surface area contributed by atoms with E-state index in [0.717, 1.165) is 55.7 Å². The number of likely N-dealkylation sites (tertiary alicyclic amines) is 1. The van der Waals surface area contributed by atoms with Gasteiger partial charge in [0.2, 0.25) is 11.8 Å². The predicted molar refractivity (Wildman–Crippen MR) is 87.9 cm³/mol. The molecule has 24 heavy (non-hydrogen) atoms. The van der Waals surface area contributed by atoms with E-state index in [1.807, 2.05) is 16.0 Å². The molecule has 4 rings (SSSR count). The topological polar surface area (TPSA) is 66.4 Å². The molecule has 1 atom stereocenters. The Labute approximate surface area is 142 Å². The maximum absolute atomic E-state index is 12.6. The van der Waals surface area contributed by atoms with Crippen LogP contribution in [0.15, 0.2) is 6.20 Å². The molecule has 0 aromatic carbocycles. The molecule has 1 aromatic rings. The molecule has 0 unspecified atom stereocenters. The fourth-order valence-electron chi connectivity index (χ4n) is 3.95. The quantitative estimate of drug-likeness (QED) is 0.831. The Hall–Kier alpha value is -1.98. The van der Waals surface area contributed by atoms with Gasteiger partial charge in [-0.25, -0.2) is 9.97 Å². The van der Waals surface area contributed by atoms with E-state index in [2.05, 4.69) is 4.98 Å². The fraction of sp³-hybridized carbons (Fsp3) is 0.667. The number of amides is 2. The van der Waals surface area contributed by atoms with E-state index < -0.39 is 0 Å². The van der Waals surface area contributed by atoms with Crippen LogP contribution in [0.2, 0.25) is 0 Å². The summed E-state index contributed by atoms with van der Waals surface area (Å²) in [6.45, 7) is 3.75. The minimum atomic E-state index is 0.0363. The van der Waals surface area contributed by atoms with E-state index >= 15 is 0 Å². The first-order valence-electron chi connectivity index (χ1n) is 9.04. The zero-order valence-electron chi connectivity index (χ0n) is 14.2. The number of hydrogen-bond acceptors (Lipinski definition) is 4. The summed E-state index contributed by atoms with van der Waals surface area (Å²) < 4.78 is 0. The molecule has 3 heterocycles. The van der Waals surface area contributed by atoms with Crippen LogP contribution in [0.25, 0.3) is 0 Å². The van der Waals surface area contributed by atoms with Crippen LogP contribution < -0.4 is 0 Å². The largest absolute Gasteiger partial charge is 0.338 e. The molecule has 0 bridgehead atoms. The monoisotopic (exact) mass is 328 g/mol. The van der Waals surface area contributed by atoms with E-state index in [0.29, 0.717) is 19.0 Å². The van der Waals surface area contributed by atoms with Crippen molar-refractivity contribution in [3.05, 3.63) is 23.3 Å². The number of rotatable bonds is 2. The lowest BCUT2D eigenvalue weighted by molar-refractivity contribution is -0.139. The van der Waals surface area contributed by atoms with Crippen molar-refractivity contribution in [1.82, 2.24) is 19.8 Å². The molecule has 6 heteroatoms. The molecule has 2 fully saturated rings. The Morgan fingerprint density at radius 1 is 1.17 bits per heavy atom. The zero-order valence-corrected chi connectivity index (χ0v) is 14.2.